The van der Waals surface area contributed by atoms with Crippen LogP contribution in [-0.2, 0) is 0 Å². The standard InChI is InChI=1S/C18H30N2O2.2ClH/c1-5-19-6-8-20(9-7-19)12-17(21)13-22-18-15(3)10-14(2)11-16(18)4;;/h10-11,17,21H,5-9,12-13H2,1-4H3;2*1H/p-2. The average molecular weight is 377 g/mol. The third-order valence-electron chi connectivity index (χ3n) is 4.41. The number of aliphatic hydroxyl groups excluding tert-OH is 1. The Morgan fingerprint density at radius 1 is 1.00 bits per heavy atom. The summed E-state index contributed by atoms with van der Waals surface area (Å²) in [6.45, 7) is 14.9. The first-order valence-corrected chi connectivity index (χ1v) is 8.33. The van der Waals surface area contributed by atoms with Crippen molar-refractivity contribution in [3.05, 3.63) is 28.8 Å². The van der Waals surface area contributed by atoms with Crippen molar-refractivity contribution in [2.45, 2.75) is 33.8 Å². The first-order chi connectivity index (χ1) is 10.5. The maximum Gasteiger partial charge on any atom is 0.125 e. The maximum absolute atomic E-state index is 10.2. The third-order valence-corrected chi connectivity index (χ3v) is 4.41. The molecule has 1 aliphatic rings. The van der Waals surface area contributed by atoms with Crippen molar-refractivity contribution in [1.29, 1.82) is 0 Å². The number of hydrogen-bond acceptors (Lipinski definition) is 4. The molecule has 1 aromatic rings. The van der Waals surface area contributed by atoms with Crippen molar-refractivity contribution in [1.82, 2.24) is 9.80 Å². The second-order valence-corrected chi connectivity index (χ2v) is 6.43. The fourth-order valence-electron chi connectivity index (χ4n) is 3.21. The van der Waals surface area contributed by atoms with E-state index < -0.39 is 6.10 Å². The minimum atomic E-state index is -0.437. The van der Waals surface area contributed by atoms with Crippen molar-refractivity contribution < 1.29 is 34.7 Å². The van der Waals surface area contributed by atoms with Gasteiger partial charge in [-0.15, -0.1) is 0 Å². The summed E-state index contributed by atoms with van der Waals surface area (Å²) in [5.41, 5.74) is 3.53. The topological polar surface area (TPSA) is 35.9 Å². The van der Waals surface area contributed by atoms with Crippen LogP contribution in [0.15, 0.2) is 12.1 Å². The zero-order valence-corrected chi connectivity index (χ0v) is 16.7. The lowest BCUT2D eigenvalue weighted by Crippen LogP contribution is -3.00. The highest BCUT2D eigenvalue weighted by Gasteiger charge is 2.18. The van der Waals surface area contributed by atoms with Crippen LogP contribution in [0.1, 0.15) is 23.6 Å². The molecule has 0 aliphatic carbocycles. The molecule has 1 heterocycles. The Hall–Kier alpha value is -0.520. The van der Waals surface area contributed by atoms with Gasteiger partial charge in [-0.2, -0.15) is 0 Å². The molecule has 2 rings (SSSR count). The Balaban J connectivity index is 0.00000264. The summed E-state index contributed by atoms with van der Waals surface area (Å²) >= 11 is 0. The van der Waals surface area contributed by atoms with Gasteiger partial charge in [-0.05, 0) is 38.4 Å². The second kappa shape index (κ2) is 11.2. The first kappa shape index (κ1) is 23.5. The Morgan fingerprint density at radius 2 is 1.50 bits per heavy atom. The van der Waals surface area contributed by atoms with Crippen LogP contribution in [0.3, 0.4) is 0 Å². The van der Waals surface area contributed by atoms with E-state index in [0.29, 0.717) is 13.2 Å². The number of β-amino-alcohol motifs (C(OH)–C–C–N with tert-alkyl or cyclic N) is 1. The number of ether oxygens (including phenoxy) is 1. The van der Waals surface area contributed by atoms with Crippen LogP contribution in [-0.4, -0.2) is 66.9 Å². The highest BCUT2D eigenvalue weighted by Crippen LogP contribution is 2.24. The van der Waals surface area contributed by atoms with Gasteiger partial charge < -0.3 is 39.6 Å². The molecule has 1 unspecified atom stereocenters. The van der Waals surface area contributed by atoms with E-state index in [2.05, 4.69) is 49.6 Å². The molecule has 140 valence electrons. The number of aliphatic hydroxyl groups is 1. The molecule has 1 atom stereocenters. The number of benzene rings is 1. The number of hydrogen-bond donors (Lipinski definition) is 1. The summed E-state index contributed by atoms with van der Waals surface area (Å²) in [6.07, 6.45) is -0.437. The zero-order valence-electron chi connectivity index (χ0n) is 15.2. The predicted molar refractivity (Wildman–Crippen MR) is 90.7 cm³/mol. The van der Waals surface area contributed by atoms with Crippen LogP contribution in [0.5, 0.6) is 5.75 Å². The fraction of sp³-hybridized carbons (Fsp3) is 0.667. The summed E-state index contributed by atoms with van der Waals surface area (Å²) < 4.78 is 5.88. The lowest BCUT2D eigenvalue weighted by atomic mass is 10.1. The van der Waals surface area contributed by atoms with Gasteiger partial charge in [-0.25, -0.2) is 0 Å². The Labute approximate surface area is 159 Å². The van der Waals surface area contributed by atoms with Crippen molar-refractivity contribution in [3.8, 4) is 5.75 Å². The average Bonchev–Trinajstić information content (AvgIpc) is 2.47. The van der Waals surface area contributed by atoms with Crippen molar-refractivity contribution in [2.75, 3.05) is 45.9 Å². The number of rotatable bonds is 6. The predicted octanol–water partition coefficient (Wildman–Crippen LogP) is -4.00. The van der Waals surface area contributed by atoms with Crippen molar-refractivity contribution in [2.24, 2.45) is 0 Å². The van der Waals surface area contributed by atoms with Gasteiger partial charge in [-0.3, -0.25) is 4.90 Å². The summed E-state index contributed by atoms with van der Waals surface area (Å²) in [7, 11) is 0. The molecular weight excluding hydrogens is 347 g/mol. The van der Waals surface area contributed by atoms with E-state index in [1.165, 1.54) is 5.56 Å². The van der Waals surface area contributed by atoms with Crippen LogP contribution in [0.4, 0.5) is 0 Å². The molecule has 1 aliphatic heterocycles. The monoisotopic (exact) mass is 376 g/mol. The molecule has 1 saturated heterocycles. The van der Waals surface area contributed by atoms with Gasteiger partial charge in [0.05, 0.1) is 0 Å². The number of nitrogens with zero attached hydrogens (tertiary/aromatic N) is 2. The van der Waals surface area contributed by atoms with Crippen LogP contribution < -0.4 is 29.6 Å². The number of likely N-dealkylation sites (N-methyl/N-ethyl adjacent to an activating group) is 1. The minimum Gasteiger partial charge on any atom is -1.00 e. The molecule has 0 saturated carbocycles. The SMILES string of the molecule is CCN1CCN(CC(O)COc2c(C)cc(C)cc2C)CC1.[Cl-].[Cl-]. The van der Waals surface area contributed by atoms with Gasteiger partial charge in [0.2, 0.25) is 0 Å². The largest absolute Gasteiger partial charge is 1.00 e. The summed E-state index contributed by atoms with van der Waals surface area (Å²) in [5.74, 6) is 0.917. The Bertz CT molecular complexity index is 469. The lowest BCUT2D eigenvalue weighted by Gasteiger charge is -2.35. The van der Waals surface area contributed by atoms with E-state index in [9.17, 15) is 5.11 Å². The van der Waals surface area contributed by atoms with Crippen LogP contribution in [0.2, 0.25) is 0 Å². The number of piperazine rings is 1. The Kier molecular flexibility index (Phi) is 10.9. The van der Waals surface area contributed by atoms with Crippen molar-refractivity contribution in [3.63, 3.8) is 0 Å². The Morgan fingerprint density at radius 3 is 2.00 bits per heavy atom. The normalized spacial score (nSPS) is 16.9. The molecule has 24 heavy (non-hydrogen) atoms. The molecule has 6 heteroatoms. The van der Waals surface area contributed by atoms with E-state index in [0.717, 1.165) is 49.6 Å². The summed E-state index contributed by atoms with van der Waals surface area (Å²) in [4.78, 5) is 4.77. The first-order valence-electron chi connectivity index (χ1n) is 8.33. The van der Waals surface area contributed by atoms with E-state index >= 15 is 0 Å². The quantitative estimate of drug-likeness (QED) is 0.548. The molecule has 1 aromatic carbocycles. The van der Waals surface area contributed by atoms with Gasteiger partial charge in [0, 0.05) is 32.7 Å². The van der Waals surface area contributed by atoms with E-state index in [1.54, 1.807) is 0 Å². The summed E-state index contributed by atoms with van der Waals surface area (Å²) in [5, 5.41) is 10.2. The highest BCUT2D eigenvalue weighted by molar-refractivity contribution is 5.42. The zero-order chi connectivity index (χ0) is 16.1. The van der Waals surface area contributed by atoms with Crippen LogP contribution >= 0.6 is 0 Å². The molecule has 4 nitrogen and oxygen atoms in total. The van der Waals surface area contributed by atoms with E-state index in [4.69, 9.17) is 4.74 Å². The molecular formula is C18H30Cl2N2O2-2. The van der Waals surface area contributed by atoms with Gasteiger partial charge in [0.1, 0.15) is 18.5 Å². The maximum atomic E-state index is 10.2. The smallest absolute Gasteiger partial charge is 0.125 e. The van der Waals surface area contributed by atoms with Crippen LogP contribution in [0, 0.1) is 20.8 Å². The molecule has 0 bridgehead atoms. The van der Waals surface area contributed by atoms with Gasteiger partial charge in [0.25, 0.3) is 0 Å². The van der Waals surface area contributed by atoms with E-state index in [-0.39, 0.29) is 24.8 Å². The molecule has 0 radical (unpaired) electrons. The third kappa shape index (κ3) is 6.77. The molecule has 1 N–H and O–H groups in total. The molecule has 0 aromatic heterocycles. The molecule has 0 spiro atoms. The second-order valence-electron chi connectivity index (χ2n) is 6.43. The number of aryl methyl sites for hydroxylation is 3. The number of halogens is 2. The van der Waals surface area contributed by atoms with Gasteiger partial charge >= 0.3 is 0 Å². The van der Waals surface area contributed by atoms with Gasteiger partial charge in [0.15, 0.2) is 0 Å². The van der Waals surface area contributed by atoms with Gasteiger partial charge in [-0.1, -0.05) is 24.6 Å². The molecule has 0 amide bonds. The van der Waals surface area contributed by atoms with E-state index in [1.807, 2.05) is 0 Å². The summed E-state index contributed by atoms with van der Waals surface area (Å²) in [6, 6.07) is 4.25. The highest BCUT2D eigenvalue weighted by atomic mass is 35.5. The minimum absolute atomic E-state index is 0. The van der Waals surface area contributed by atoms with Crippen LogP contribution in [0.25, 0.3) is 0 Å². The van der Waals surface area contributed by atoms with Crippen molar-refractivity contribution >= 4 is 0 Å². The molecule has 1 fully saturated rings. The fourth-order valence-corrected chi connectivity index (χ4v) is 3.21. The lowest BCUT2D eigenvalue weighted by molar-refractivity contribution is -0.001000.